The number of aromatic hydroxyl groups is 1. The molecule has 1 aliphatic carbocycles. The zero-order valence-electron chi connectivity index (χ0n) is 9.45. The Morgan fingerprint density at radius 2 is 1.75 bits per heavy atom. The normalized spacial score (nSPS) is 18.8. The zero-order valence-corrected chi connectivity index (χ0v) is 9.45. The molecule has 0 bridgehead atoms. The second-order valence-corrected chi connectivity index (χ2v) is 4.70. The van der Waals surface area contributed by atoms with Crippen LogP contribution in [0.1, 0.15) is 31.2 Å². The van der Waals surface area contributed by atoms with Crippen molar-refractivity contribution in [3.63, 3.8) is 0 Å². The number of aliphatic hydroxyl groups is 1. The maximum atomic E-state index is 10.1. The standard InChI is InChI=1S/C13H19NO2/c15-12-5-3-11(4-6-12)9-14-10-13(16)7-1-2-8-13/h3-6,14-16H,1-2,7-10H2. The van der Waals surface area contributed by atoms with Crippen LogP contribution in [0.4, 0.5) is 0 Å². The highest BCUT2D eigenvalue weighted by atomic mass is 16.3. The van der Waals surface area contributed by atoms with Gasteiger partial charge < -0.3 is 15.5 Å². The molecular formula is C13H19NO2. The fourth-order valence-electron chi connectivity index (χ4n) is 2.26. The Balaban J connectivity index is 1.77. The molecule has 0 amide bonds. The molecule has 16 heavy (non-hydrogen) atoms. The van der Waals surface area contributed by atoms with Crippen molar-refractivity contribution in [2.24, 2.45) is 0 Å². The summed E-state index contributed by atoms with van der Waals surface area (Å²) in [6.07, 6.45) is 4.10. The van der Waals surface area contributed by atoms with Gasteiger partial charge >= 0.3 is 0 Å². The molecule has 1 aliphatic rings. The highest BCUT2D eigenvalue weighted by Crippen LogP contribution is 2.28. The third-order valence-corrected chi connectivity index (χ3v) is 3.25. The van der Waals surface area contributed by atoms with Crippen LogP contribution in [0.15, 0.2) is 24.3 Å². The molecule has 3 N–H and O–H groups in total. The van der Waals surface area contributed by atoms with Gasteiger partial charge in [0.2, 0.25) is 0 Å². The van der Waals surface area contributed by atoms with Gasteiger partial charge in [-0.3, -0.25) is 0 Å². The van der Waals surface area contributed by atoms with Crippen LogP contribution < -0.4 is 5.32 Å². The Labute approximate surface area is 96.1 Å². The summed E-state index contributed by atoms with van der Waals surface area (Å²) in [5, 5.41) is 22.5. The number of phenols is 1. The number of hydrogen-bond acceptors (Lipinski definition) is 3. The quantitative estimate of drug-likeness (QED) is 0.726. The van der Waals surface area contributed by atoms with E-state index in [9.17, 15) is 5.11 Å². The Hall–Kier alpha value is -1.06. The van der Waals surface area contributed by atoms with Crippen LogP contribution in [-0.4, -0.2) is 22.4 Å². The maximum absolute atomic E-state index is 10.1. The number of benzene rings is 1. The zero-order chi connectivity index (χ0) is 11.4. The fourth-order valence-corrected chi connectivity index (χ4v) is 2.26. The van der Waals surface area contributed by atoms with E-state index in [0.717, 1.165) is 37.8 Å². The molecule has 3 heteroatoms. The van der Waals surface area contributed by atoms with Gasteiger partial charge in [-0.25, -0.2) is 0 Å². The fraction of sp³-hybridized carbons (Fsp3) is 0.538. The first-order chi connectivity index (χ1) is 7.68. The lowest BCUT2D eigenvalue weighted by atomic mass is 10.0. The second-order valence-electron chi connectivity index (χ2n) is 4.70. The Morgan fingerprint density at radius 1 is 1.12 bits per heavy atom. The van der Waals surface area contributed by atoms with Gasteiger partial charge in [0.05, 0.1) is 5.60 Å². The van der Waals surface area contributed by atoms with E-state index in [2.05, 4.69) is 5.32 Å². The van der Waals surface area contributed by atoms with E-state index in [4.69, 9.17) is 5.11 Å². The van der Waals surface area contributed by atoms with Gasteiger partial charge in [0, 0.05) is 13.1 Å². The third kappa shape index (κ3) is 2.97. The van der Waals surface area contributed by atoms with Crippen molar-refractivity contribution in [3.05, 3.63) is 29.8 Å². The van der Waals surface area contributed by atoms with Crippen molar-refractivity contribution >= 4 is 0 Å². The molecule has 1 aromatic rings. The van der Waals surface area contributed by atoms with Crippen LogP contribution >= 0.6 is 0 Å². The summed E-state index contributed by atoms with van der Waals surface area (Å²) in [5.74, 6) is 0.290. The molecule has 0 saturated heterocycles. The summed E-state index contributed by atoms with van der Waals surface area (Å²) < 4.78 is 0. The lowest BCUT2D eigenvalue weighted by Gasteiger charge is -2.22. The van der Waals surface area contributed by atoms with Gasteiger partial charge in [0.25, 0.3) is 0 Å². The van der Waals surface area contributed by atoms with E-state index < -0.39 is 5.60 Å². The average Bonchev–Trinajstić information content (AvgIpc) is 2.69. The minimum absolute atomic E-state index is 0.290. The molecule has 2 rings (SSSR count). The summed E-state index contributed by atoms with van der Waals surface area (Å²) in [4.78, 5) is 0. The topological polar surface area (TPSA) is 52.5 Å². The second kappa shape index (κ2) is 4.85. The maximum Gasteiger partial charge on any atom is 0.115 e. The van der Waals surface area contributed by atoms with Gasteiger partial charge in [0.15, 0.2) is 0 Å². The van der Waals surface area contributed by atoms with Crippen LogP contribution in [0.3, 0.4) is 0 Å². The van der Waals surface area contributed by atoms with Crippen molar-refractivity contribution in [2.45, 2.75) is 37.8 Å². The molecule has 0 aromatic heterocycles. The summed E-state index contributed by atoms with van der Waals surface area (Å²) in [6.45, 7) is 1.40. The molecule has 0 unspecified atom stereocenters. The largest absolute Gasteiger partial charge is 0.508 e. The molecule has 88 valence electrons. The molecule has 1 saturated carbocycles. The summed E-state index contributed by atoms with van der Waals surface area (Å²) >= 11 is 0. The molecule has 0 atom stereocenters. The Bertz CT molecular complexity index is 328. The highest BCUT2D eigenvalue weighted by molar-refractivity contribution is 5.25. The Kier molecular flexibility index (Phi) is 3.46. The van der Waals surface area contributed by atoms with Crippen molar-refractivity contribution < 1.29 is 10.2 Å². The summed E-state index contributed by atoms with van der Waals surface area (Å²) in [7, 11) is 0. The molecule has 3 nitrogen and oxygen atoms in total. The molecule has 0 radical (unpaired) electrons. The van der Waals surface area contributed by atoms with E-state index in [-0.39, 0.29) is 5.75 Å². The van der Waals surface area contributed by atoms with Crippen molar-refractivity contribution in [1.82, 2.24) is 5.32 Å². The van der Waals surface area contributed by atoms with Gasteiger partial charge in [0.1, 0.15) is 5.75 Å². The molecule has 0 aliphatic heterocycles. The number of hydrogen-bond donors (Lipinski definition) is 3. The van der Waals surface area contributed by atoms with Crippen molar-refractivity contribution in [2.75, 3.05) is 6.54 Å². The first kappa shape index (κ1) is 11.4. The van der Waals surface area contributed by atoms with Gasteiger partial charge in [-0.1, -0.05) is 25.0 Å². The van der Waals surface area contributed by atoms with Crippen LogP contribution in [0.25, 0.3) is 0 Å². The Morgan fingerprint density at radius 3 is 2.38 bits per heavy atom. The lowest BCUT2D eigenvalue weighted by Crippen LogP contribution is -2.37. The first-order valence-corrected chi connectivity index (χ1v) is 5.89. The number of rotatable bonds is 4. The van der Waals surface area contributed by atoms with E-state index in [1.165, 1.54) is 0 Å². The minimum atomic E-state index is -0.489. The number of phenolic OH excluding ortho intramolecular Hbond substituents is 1. The number of nitrogens with one attached hydrogen (secondary N) is 1. The van der Waals surface area contributed by atoms with Gasteiger partial charge in [-0.15, -0.1) is 0 Å². The SMILES string of the molecule is Oc1ccc(CNCC2(O)CCCC2)cc1. The van der Waals surface area contributed by atoms with E-state index >= 15 is 0 Å². The molecule has 1 fully saturated rings. The summed E-state index contributed by atoms with van der Waals surface area (Å²) in [6, 6.07) is 7.14. The predicted octanol–water partition coefficient (Wildman–Crippen LogP) is 1.79. The van der Waals surface area contributed by atoms with E-state index in [1.54, 1.807) is 12.1 Å². The predicted molar refractivity (Wildman–Crippen MR) is 63.2 cm³/mol. The van der Waals surface area contributed by atoms with Crippen LogP contribution in [-0.2, 0) is 6.54 Å². The monoisotopic (exact) mass is 221 g/mol. The first-order valence-electron chi connectivity index (χ1n) is 5.89. The third-order valence-electron chi connectivity index (χ3n) is 3.25. The van der Waals surface area contributed by atoms with E-state index in [0.29, 0.717) is 6.54 Å². The van der Waals surface area contributed by atoms with Crippen molar-refractivity contribution in [3.8, 4) is 5.75 Å². The molecule has 1 aromatic carbocycles. The lowest BCUT2D eigenvalue weighted by molar-refractivity contribution is 0.0475. The van der Waals surface area contributed by atoms with Crippen LogP contribution in [0.2, 0.25) is 0 Å². The highest BCUT2D eigenvalue weighted by Gasteiger charge is 2.30. The minimum Gasteiger partial charge on any atom is -0.508 e. The average molecular weight is 221 g/mol. The molecule has 0 spiro atoms. The van der Waals surface area contributed by atoms with E-state index in [1.807, 2.05) is 12.1 Å². The van der Waals surface area contributed by atoms with Gasteiger partial charge in [-0.2, -0.15) is 0 Å². The molecule has 0 heterocycles. The molecular weight excluding hydrogens is 202 g/mol. The van der Waals surface area contributed by atoms with Crippen LogP contribution in [0.5, 0.6) is 5.75 Å². The van der Waals surface area contributed by atoms with Gasteiger partial charge in [-0.05, 0) is 30.5 Å². The summed E-state index contributed by atoms with van der Waals surface area (Å²) in [5.41, 5.74) is 0.635. The van der Waals surface area contributed by atoms with Crippen LogP contribution in [0, 0.1) is 0 Å². The smallest absolute Gasteiger partial charge is 0.115 e. The van der Waals surface area contributed by atoms with Crippen molar-refractivity contribution in [1.29, 1.82) is 0 Å².